The molecule has 0 atom stereocenters. The summed E-state index contributed by atoms with van der Waals surface area (Å²) in [6.45, 7) is 2.62. The van der Waals surface area contributed by atoms with Gasteiger partial charge in [0.15, 0.2) is 11.5 Å². The Hall–Kier alpha value is -3.10. The zero-order valence-corrected chi connectivity index (χ0v) is 17.6. The molecular weight excluding hydrogens is 426 g/mol. The molecule has 1 aliphatic rings. The maximum atomic E-state index is 12.5. The summed E-state index contributed by atoms with van der Waals surface area (Å²) in [4.78, 5) is 29.7. The van der Waals surface area contributed by atoms with E-state index in [-0.39, 0.29) is 12.3 Å². The molecule has 0 bridgehead atoms. The summed E-state index contributed by atoms with van der Waals surface area (Å²) in [7, 11) is 0. The third-order valence-corrected chi connectivity index (χ3v) is 5.85. The summed E-state index contributed by atoms with van der Waals surface area (Å²) in [5.74, 6) is 0.187. The Bertz CT molecular complexity index is 1100. The second kappa shape index (κ2) is 8.73. The Kier molecular flexibility index (Phi) is 5.87. The number of hydrogen-bond acceptors (Lipinski definition) is 6. The molecule has 2 N–H and O–H groups in total. The lowest BCUT2D eigenvalue weighted by Crippen LogP contribution is -2.42. The number of rotatable bonds is 4. The van der Waals surface area contributed by atoms with Crippen LogP contribution in [0, 0.1) is 6.92 Å². The lowest BCUT2D eigenvalue weighted by atomic mass is 10.1. The zero-order valence-electron chi connectivity index (χ0n) is 16.0. The fourth-order valence-electron chi connectivity index (χ4n) is 2.99. The molecule has 0 fully saturated rings. The van der Waals surface area contributed by atoms with Crippen molar-refractivity contribution >= 4 is 34.8 Å². The van der Waals surface area contributed by atoms with Gasteiger partial charge in [-0.3, -0.25) is 20.4 Å². The van der Waals surface area contributed by atoms with Crippen LogP contribution in [0.25, 0.3) is 10.6 Å². The fraction of sp³-hybridized carbons (Fsp3) is 0.190. The highest BCUT2D eigenvalue weighted by Crippen LogP contribution is 2.38. The summed E-state index contributed by atoms with van der Waals surface area (Å²) in [6.07, 6.45) is 0.0214. The van der Waals surface area contributed by atoms with Crippen molar-refractivity contribution in [3.63, 3.8) is 0 Å². The van der Waals surface area contributed by atoms with Crippen molar-refractivity contribution in [2.75, 3.05) is 13.2 Å². The molecule has 0 unspecified atom stereocenters. The molecule has 2 amide bonds. The Morgan fingerprint density at radius 1 is 1.13 bits per heavy atom. The van der Waals surface area contributed by atoms with E-state index >= 15 is 0 Å². The number of nitrogens with zero attached hydrogens (tertiary/aromatic N) is 1. The number of hydrogen-bond donors (Lipinski definition) is 2. The van der Waals surface area contributed by atoms with Crippen LogP contribution in [0.2, 0.25) is 5.02 Å². The van der Waals surface area contributed by atoms with Crippen molar-refractivity contribution in [3.8, 4) is 22.1 Å². The van der Waals surface area contributed by atoms with Crippen LogP contribution in [0.1, 0.15) is 20.9 Å². The SMILES string of the molecule is Cc1nc(-c2ccccc2)sc1C(=O)NNC(=O)Cc1cc(Cl)c2c(c1)OCCO2. The number of nitrogens with one attached hydrogen (secondary N) is 2. The largest absolute Gasteiger partial charge is 0.486 e. The van der Waals surface area contributed by atoms with Crippen molar-refractivity contribution in [1.29, 1.82) is 0 Å². The number of aryl methyl sites for hydroxylation is 1. The minimum Gasteiger partial charge on any atom is -0.486 e. The first-order chi connectivity index (χ1) is 14.5. The van der Waals surface area contributed by atoms with E-state index < -0.39 is 5.91 Å². The van der Waals surface area contributed by atoms with Gasteiger partial charge in [0.2, 0.25) is 5.91 Å². The molecule has 2 heterocycles. The van der Waals surface area contributed by atoms with Gasteiger partial charge in [0.1, 0.15) is 23.1 Å². The lowest BCUT2D eigenvalue weighted by molar-refractivity contribution is -0.121. The van der Waals surface area contributed by atoms with Crippen LogP contribution in [0.3, 0.4) is 0 Å². The van der Waals surface area contributed by atoms with Crippen LogP contribution >= 0.6 is 22.9 Å². The summed E-state index contributed by atoms with van der Waals surface area (Å²) in [6, 6.07) is 13.0. The summed E-state index contributed by atoms with van der Waals surface area (Å²) in [5, 5.41) is 1.13. The van der Waals surface area contributed by atoms with Crippen molar-refractivity contribution in [3.05, 3.63) is 63.6 Å². The molecule has 0 saturated carbocycles. The first-order valence-electron chi connectivity index (χ1n) is 9.21. The van der Waals surface area contributed by atoms with Gasteiger partial charge in [0, 0.05) is 5.56 Å². The van der Waals surface area contributed by atoms with E-state index in [1.807, 2.05) is 30.3 Å². The lowest BCUT2D eigenvalue weighted by Gasteiger charge is -2.20. The predicted octanol–water partition coefficient (Wildman–Crippen LogP) is 3.55. The molecular formula is C21H18ClN3O4S. The Morgan fingerprint density at radius 2 is 1.90 bits per heavy atom. The number of amides is 2. The standard InChI is InChI=1S/C21H18ClN3O4S/c1-12-19(30-21(23-12)14-5-3-2-4-6-14)20(27)25-24-17(26)11-13-9-15(22)18-16(10-13)28-7-8-29-18/h2-6,9-10H,7-8,11H2,1H3,(H,24,26)(H,25,27). The minimum atomic E-state index is -0.416. The average molecular weight is 444 g/mol. The molecule has 3 aromatic rings. The third-order valence-electron chi connectivity index (χ3n) is 4.36. The number of aromatic nitrogens is 1. The molecule has 0 aliphatic carbocycles. The van der Waals surface area contributed by atoms with E-state index in [4.69, 9.17) is 21.1 Å². The van der Waals surface area contributed by atoms with Crippen molar-refractivity contribution < 1.29 is 19.1 Å². The normalized spacial score (nSPS) is 12.3. The Balaban J connectivity index is 1.38. The number of halogens is 1. The Labute approximate surface area is 182 Å². The first-order valence-corrected chi connectivity index (χ1v) is 10.4. The number of benzene rings is 2. The highest BCUT2D eigenvalue weighted by molar-refractivity contribution is 7.17. The van der Waals surface area contributed by atoms with Crippen LogP contribution in [0.5, 0.6) is 11.5 Å². The van der Waals surface area contributed by atoms with Crippen molar-refractivity contribution in [2.45, 2.75) is 13.3 Å². The fourth-order valence-corrected chi connectivity index (χ4v) is 4.25. The number of fused-ring (bicyclic) bond motifs is 1. The van der Waals surface area contributed by atoms with Gasteiger partial charge in [-0.2, -0.15) is 0 Å². The molecule has 0 spiro atoms. The van der Waals surface area contributed by atoms with Gasteiger partial charge < -0.3 is 9.47 Å². The second-order valence-electron chi connectivity index (χ2n) is 6.58. The molecule has 7 nitrogen and oxygen atoms in total. The quantitative estimate of drug-likeness (QED) is 0.602. The molecule has 2 aromatic carbocycles. The molecule has 9 heteroatoms. The highest BCUT2D eigenvalue weighted by Gasteiger charge is 2.19. The highest BCUT2D eigenvalue weighted by atomic mass is 35.5. The maximum absolute atomic E-state index is 12.5. The van der Waals surface area contributed by atoms with Crippen LogP contribution in [-0.2, 0) is 11.2 Å². The van der Waals surface area contributed by atoms with Gasteiger partial charge in [-0.25, -0.2) is 4.98 Å². The monoisotopic (exact) mass is 443 g/mol. The van der Waals surface area contributed by atoms with Crippen molar-refractivity contribution in [2.24, 2.45) is 0 Å². The van der Waals surface area contributed by atoms with Gasteiger partial charge in [0.25, 0.3) is 5.91 Å². The molecule has 154 valence electrons. The molecule has 0 saturated heterocycles. The number of carbonyl (C=O) groups excluding carboxylic acids is 2. The van der Waals surface area contributed by atoms with Gasteiger partial charge in [0.05, 0.1) is 17.1 Å². The minimum absolute atomic E-state index is 0.0214. The molecule has 4 rings (SSSR count). The predicted molar refractivity (Wildman–Crippen MR) is 114 cm³/mol. The summed E-state index contributed by atoms with van der Waals surface area (Å²) >= 11 is 7.47. The molecule has 0 radical (unpaired) electrons. The molecule has 1 aromatic heterocycles. The van der Waals surface area contributed by atoms with E-state index in [2.05, 4.69) is 15.8 Å². The van der Waals surface area contributed by atoms with E-state index in [9.17, 15) is 9.59 Å². The summed E-state index contributed by atoms with van der Waals surface area (Å²) < 4.78 is 11.0. The van der Waals surface area contributed by atoms with Gasteiger partial charge in [-0.1, -0.05) is 41.9 Å². The van der Waals surface area contributed by atoms with Crippen LogP contribution < -0.4 is 20.3 Å². The average Bonchev–Trinajstić information content (AvgIpc) is 3.14. The van der Waals surface area contributed by atoms with Gasteiger partial charge in [-0.05, 0) is 24.6 Å². The second-order valence-corrected chi connectivity index (χ2v) is 7.99. The van der Waals surface area contributed by atoms with E-state index in [1.54, 1.807) is 19.1 Å². The smallest absolute Gasteiger partial charge is 0.281 e. The van der Waals surface area contributed by atoms with E-state index in [0.29, 0.717) is 45.9 Å². The maximum Gasteiger partial charge on any atom is 0.281 e. The van der Waals surface area contributed by atoms with Crippen LogP contribution in [0.15, 0.2) is 42.5 Å². The first kappa shape index (κ1) is 20.2. The van der Waals surface area contributed by atoms with E-state index in [1.165, 1.54) is 11.3 Å². The van der Waals surface area contributed by atoms with E-state index in [0.717, 1.165) is 10.6 Å². The molecule has 30 heavy (non-hydrogen) atoms. The van der Waals surface area contributed by atoms with Crippen LogP contribution in [-0.4, -0.2) is 30.0 Å². The topological polar surface area (TPSA) is 89.6 Å². The molecule has 1 aliphatic heterocycles. The van der Waals surface area contributed by atoms with Crippen LogP contribution in [0.4, 0.5) is 0 Å². The summed E-state index contributed by atoms with van der Waals surface area (Å²) in [5.41, 5.74) is 7.06. The number of ether oxygens (including phenoxy) is 2. The van der Waals surface area contributed by atoms with Crippen molar-refractivity contribution in [1.82, 2.24) is 15.8 Å². The van der Waals surface area contributed by atoms with Gasteiger partial charge in [-0.15, -0.1) is 11.3 Å². The number of thiazole rings is 1. The number of hydrazine groups is 1. The zero-order chi connectivity index (χ0) is 21.1. The number of carbonyl (C=O) groups is 2. The third kappa shape index (κ3) is 4.39. The Morgan fingerprint density at radius 3 is 2.70 bits per heavy atom. The van der Waals surface area contributed by atoms with Gasteiger partial charge >= 0.3 is 0 Å².